The van der Waals surface area contributed by atoms with E-state index in [9.17, 15) is 4.79 Å². The number of carbonyl (C=O) groups excluding carboxylic acids is 1. The molecule has 0 spiro atoms. The number of ketones is 1. The largest absolute Gasteiger partial charge is 0.507 e. The summed E-state index contributed by atoms with van der Waals surface area (Å²) < 4.78 is 7.27. The fraction of sp³-hybridized carbons (Fsp3) is 0.562. The summed E-state index contributed by atoms with van der Waals surface area (Å²) in [6, 6.07) is 3.90. The molecule has 0 aliphatic rings. The van der Waals surface area contributed by atoms with Gasteiger partial charge in [-0.2, -0.15) is 0 Å². The van der Waals surface area contributed by atoms with Crippen LogP contribution in [0.25, 0.3) is 0 Å². The predicted octanol–water partition coefficient (Wildman–Crippen LogP) is 4.19. The molecule has 1 aromatic rings. The standard InChI is InChI=1S/C16H24O2/c1-10(17)12-8-11(15(2,3)4)9-13(14(12)18)16(5,6)7/h8-9,18H,1-7H3/i/hD. The maximum atomic E-state index is 11.8. The molecule has 0 amide bonds. The van der Waals surface area contributed by atoms with Crippen molar-refractivity contribution in [2.75, 3.05) is 0 Å². The summed E-state index contributed by atoms with van der Waals surface area (Å²) >= 11 is 0. The van der Waals surface area contributed by atoms with Gasteiger partial charge in [0.05, 0.1) is 5.56 Å². The van der Waals surface area contributed by atoms with Gasteiger partial charge in [0.1, 0.15) is 5.75 Å². The van der Waals surface area contributed by atoms with Gasteiger partial charge in [0.15, 0.2) is 5.78 Å². The average Bonchev–Trinajstić information content (AvgIpc) is 2.24. The van der Waals surface area contributed by atoms with Gasteiger partial charge in [0.2, 0.25) is 0 Å². The van der Waals surface area contributed by atoms with Gasteiger partial charge >= 0.3 is 0 Å². The topological polar surface area (TPSA) is 37.3 Å². The van der Waals surface area contributed by atoms with Crippen molar-refractivity contribution < 1.29 is 9.90 Å². The zero-order valence-electron chi connectivity index (χ0n) is 13.5. The molecule has 0 aromatic heterocycles. The molecular weight excluding hydrogens is 224 g/mol. The Bertz CT molecular complexity index is 491. The fourth-order valence-electron chi connectivity index (χ4n) is 1.88. The van der Waals surface area contributed by atoms with E-state index in [2.05, 4.69) is 47.6 Å². The number of benzene rings is 1. The average molecular weight is 249 g/mol. The van der Waals surface area contributed by atoms with Crippen LogP contribution in [0.2, 0.25) is 0 Å². The molecule has 0 bridgehead atoms. The lowest BCUT2D eigenvalue weighted by Gasteiger charge is -2.27. The molecule has 1 aromatic carbocycles. The Morgan fingerprint density at radius 2 is 1.67 bits per heavy atom. The van der Waals surface area contributed by atoms with Crippen molar-refractivity contribution in [3.63, 3.8) is 0 Å². The molecule has 2 heteroatoms. The van der Waals surface area contributed by atoms with Crippen LogP contribution in [0.15, 0.2) is 12.1 Å². The second-order valence-electron chi connectivity index (χ2n) is 6.96. The van der Waals surface area contributed by atoms with E-state index in [1.54, 1.807) is 0 Å². The Hall–Kier alpha value is -1.31. The highest BCUT2D eigenvalue weighted by atomic mass is 16.3. The molecule has 0 saturated carbocycles. The number of aromatic hydroxyl groups is 1. The number of phenolic OH excluding ortho intramolecular Hbond substituents is 1. The van der Waals surface area contributed by atoms with E-state index in [-0.39, 0.29) is 16.6 Å². The summed E-state index contributed by atoms with van der Waals surface area (Å²) in [4.78, 5) is 11.8. The first-order valence-electron chi connectivity index (χ1n) is 6.72. The summed E-state index contributed by atoms with van der Waals surface area (Å²) in [5.74, 6) is 0.312. The highest BCUT2D eigenvalue weighted by molar-refractivity contribution is 5.97. The molecule has 100 valence electrons. The van der Waals surface area contributed by atoms with E-state index >= 15 is 0 Å². The lowest BCUT2D eigenvalue weighted by atomic mass is 9.78. The van der Waals surface area contributed by atoms with Crippen LogP contribution in [0, 0.1) is 0 Å². The van der Waals surface area contributed by atoms with Gasteiger partial charge < -0.3 is 5.11 Å². The first-order chi connectivity index (χ1) is 8.48. The SMILES string of the molecule is [2H]Oc1c(C(C)=O)cc(C(C)(C)C)cc1C(C)(C)C. The molecule has 1 N–H and O–H groups in total. The zero-order valence-corrected chi connectivity index (χ0v) is 12.5. The van der Waals surface area contributed by atoms with Crippen LogP contribution < -0.4 is 0 Å². The fourth-order valence-corrected chi connectivity index (χ4v) is 1.88. The highest BCUT2D eigenvalue weighted by Gasteiger charge is 2.25. The van der Waals surface area contributed by atoms with E-state index < -0.39 is 0 Å². The molecule has 2 nitrogen and oxygen atoms in total. The molecule has 0 aliphatic carbocycles. The van der Waals surface area contributed by atoms with Gasteiger partial charge in [-0.1, -0.05) is 47.6 Å². The molecule has 0 radical (unpaired) electrons. The number of carbonyl (C=O) groups is 1. The highest BCUT2D eigenvalue weighted by Crippen LogP contribution is 2.37. The van der Waals surface area contributed by atoms with Crippen LogP contribution >= 0.6 is 0 Å². The number of Topliss-reactive ketones (excluding diaryl/α,β-unsaturated/α-hetero) is 1. The summed E-state index contributed by atoms with van der Waals surface area (Å²) in [6.07, 6.45) is 0. The van der Waals surface area contributed by atoms with Gasteiger partial charge in [-0.05, 0) is 29.4 Å². The van der Waals surface area contributed by atoms with Gasteiger partial charge in [0.25, 0.3) is 1.43 Å². The smallest absolute Gasteiger partial charge is 0.293 e. The molecule has 18 heavy (non-hydrogen) atoms. The van der Waals surface area contributed by atoms with E-state index in [1.807, 2.05) is 6.07 Å². The van der Waals surface area contributed by atoms with Crippen LogP contribution in [0.3, 0.4) is 0 Å². The maximum Gasteiger partial charge on any atom is 0.293 e. The van der Waals surface area contributed by atoms with Crippen LogP contribution in [-0.4, -0.2) is 12.3 Å². The molecule has 0 unspecified atom stereocenters. The Balaban J connectivity index is 3.70. The van der Waals surface area contributed by atoms with Crippen LogP contribution in [0.4, 0.5) is 0 Å². The van der Waals surface area contributed by atoms with Crippen molar-refractivity contribution in [2.45, 2.75) is 59.3 Å². The number of rotatable bonds is 2. The van der Waals surface area contributed by atoms with Crippen LogP contribution in [0.5, 0.6) is 5.75 Å². The number of phenols is 1. The van der Waals surface area contributed by atoms with E-state index in [4.69, 9.17) is 6.54 Å². The first kappa shape index (κ1) is 13.1. The second-order valence-corrected chi connectivity index (χ2v) is 6.96. The van der Waals surface area contributed by atoms with Gasteiger partial charge in [-0.15, -0.1) is 0 Å². The Morgan fingerprint density at radius 3 is 2.00 bits per heavy atom. The van der Waals surface area contributed by atoms with Gasteiger partial charge in [0, 0.05) is 5.56 Å². The Kier molecular flexibility index (Phi) is 3.22. The quantitative estimate of drug-likeness (QED) is 0.798. The van der Waals surface area contributed by atoms with Crippen molar-refractivity contribution in [3.05, 3.63) is 28.8 Å². The summed E-state index contributed by atoms with van der Waals surface area (Å²) in [5, 5.41) is 4.76. The van der Waals surface area contributed by atoms with Crippen molar-refractivity contribution in [1.29, 1.82) is 1.43 Å². The first-order valence-corrected chi connectivity index (χ1v) is 6.31. The predicted molar refractivity (Wildman–Crippen MR) is 75.5 cm³/mol. The summed E-state index contributed by atoms with van der Waals surface area (Å²) in [5.41, 5.74) is 2.25. The minimum Gasteiger partial charge on any atom is -0.507 e. The molecule has 0 saturated heterocycles. The van der Waals surface area contributed by atoms with Gasteiger partial charge in [-0.3, -0.25) is 4.79 Å². The molecule has 0 fully saturated rings. The van der Waals surface area contributed by atoms with Gasteiger partial charge in [-0.25, -0.2) is 0 Å². The molecule has 0 heterocycles. The van der Waals surface area contributed by atoms with E-state index in [0.29, 0.717) is 11.3 Å². The number of hydrogen-bond donors (Lipinski definition) is 1. The Morgan fingerprint density at radius 1 is 1.11 bits per heavy atom. The van der Waals surface area contributed by atoms with Crippen LogP contribution in [0.1, 0.15) is 70.0 Å². The molecule has 0 aliphatic heterocycles. The molecule has 1 rings (SSSR count). The monoisotopic (exact) mass is 249 g/mol. The Labute approximate surface area is 112 Å². The van der Waals surface area contributed by atoms with Crippen molar-refractivity contribution in [2.24, 2.45) is 0 Å². The normalized spacial score (nSPS) is 13.2. The summed E-state index contributed by atoms with van der Waals surface area (Å²) in [7, 11) is 0. The maximum absolute atomic E-state index is 11.8. The minimum absolute atomic E-state index is 0.0508. The third-order valence-corrected chi connectivity index (χ3v) is 3.14. The van der Waals surface area contributed by atoms with Crippen molar-refractivity contribution in [1.82, 2.24) is 0 Å². The lowest BCUT2D eigenvalue weighted by molar-refractivity contribution is 0.101. The number of hydrogen-bond acceptors (Lipinski definition) is 2. The zero-order chi connectivity index (χ0) is 15.0. The van der Waals surface area contributed by atoms with Crippen molar-refractivity contribution in [3.8, 4) is 5.75 Å². The molecule has 0 atom stereocenters. The van der Waals surface area contributed by atoms with E-state index in [1.165, 1.54) is 6.92 Å². The van der Waals surface area contributed by atoms with E-state index in [0.717, 1.165) is 11.1 Å². The lowest BCUT2D eigenvalue weighted by Crippen LogP contribution is -2.18. The third-order valence-electron chi connectivity index (χ3n) is 3.14. The van der Waals surface area contributed by atoms with Crippen molar-refractivity contribution >= 4 is 5.78 Å². The molecular formula is C16H24O2. The van der Waals surface area contributed by atoms with Crippen LogP contribution in [-0.2, 0) is 10.8 Å². The third kappa shape index (κ3) is 2.92. The minimum atomic E-state index is -0.179. The summed E-state index contributed by atoms with van der Waals surface area (Å²) in [6.45, 7) is 14.0. The second kappa shape index (κ2) is 4.42.